The Morgan fingerprint density at radius 1 is 1.32 bits per heavy atom. The van der Waals surface area contributed by atoms with E-state index in [9.17, 15) is 18.0 Å². The van der Waals surface area contributed by atoms with E-state index in [4.69, 9.17) is 9.47 Å². The van der Waals surface area contributed by atoms with Crippen molar-refractivity contribution in [1.82, 2.24) is 5.06 Å². The maximum Gasteiger partial charge on any atom is 0.492 e. The average molecular weight is 317 g/mol. The second-order valence-corrected chi connectivity index (χ2v) is 5.13. The number of hydrogen-bond acceptors (Lipinski definition) is 5. The van der Waals surface area contributed by atoms with Crippen LogP contribution in [0.25, 0.3) is 0 Å². The van der Waals surface area contributed by atoms with Crippen LogP contribution in [-0.2, 0) is 20.8 Å². The molecule has 1 aromatic carbocycles. The Morgan fingerprint density at radius 2 is 2.09 bits per heavy atom. The fourth-order valence-electron chi connectivity index (χ4n) is 2.60. The number of para-hydroxylation sites is 1. The third-order valence-corrected chi connectivity index (χ3v) is 3.65. The summed E-state index contributed by atoms with van der Waals surface area (Å²) >= 11 is 0. The number of rotatable bonds is 2. The zero-order valence-electron chi connectivity index (χ0n) is 11.5. The van der Waals surface area contributed by atoms with Gasteiger partial charge in [0.15, 0.2) is 0 Å². The number of hydrogen-bond donors (Lipinski definition) is 0. The third kappa shape index (κ3) is 3.02. The number of carbonyl (C=O) groups is 1. The second kappa shape index (κ2) is 5.77. The topological polar surface area (TPSA) is 48.0 Å². The van der Waals surface area contributed by atoms with Gasteiger partial charge in [0, 0.05) is 6.42 Å². The van der Waals surface area contributed by atoms with E-state index < -0.39 is 24.3 Å². The van der Waals surface area contributed by atoms with Gasteiger partial charge in [0.25, 0.3) is 0 Å². The van der Waals surface area contributed by atoms with Gasteiger partial charge >= 0.3 is 12.1 Å². The SMILES string of the molecule is O=C(ON1CCOCC1C1Cc2ccccc2O1)C(F)(F)F. The van der Waals surface area contributed by atoms with Crippen LogP contribution >= 0.6 is 0 Å². The molecule has 0 saturated carbocycles. The van der Waals surface area contributed by atoms with E-state index in [0.29, 0.717) is 12.2 Å². The predicted octanol–water partition coefficient (Wildman–Crippen LogP) is 1.71. The lowest BCUT2D eigenvalue weighted by Gasteiger charge is -2.36. The number of alkyl halides is 3. The van der Waals surface area contributed by atoms with Crippen LogP contribution in [0.3, 0.4) is 0 Å². The van der Waals surface area contributed by atoms with E-state index in [1.807, 2.05) is 18.2 Å². The molecule has 22 heavy (non-hydrogen) atoms. The first-order chi connectivity index (χ1) is 10.4. The van der Waals surface area contributed by atoms with Gasteiger partial charge in [0.05, 0.1) is 19.8 Å². The highest BCUT2D eigenvalue weighted by atomic mass is 19.4. The van der Waals surface area contributed by atoms with E-state index in [-0.39, 0.29) is 19.8 Å². The third-order valence-electron chi connectivity index (χ3n) is 3.65. The largest absolute Gasteiger partial charge is 0.492 e. The number of halogens is 3. The zero-order chi connectivity index (χ0) is 15.7. The summed E-state index contributed by atoms with van der Waals surface area (Å²) in [7, 11) is 0. The van der Waals surface area contributed by atoms with E-state index in [0.717, 1.165) is 10.6 Å². The molecule has 2 unspecified atom stereocenters. The minimum absolute atomic E-state index is 0.0721. The maximum atomic E-state index is 12.4. The molecule has 0 aromatic heterocycles. The minimum Gasteiger partial charge on any atom is -0.488 e. The van der Waals surface area contributed by atoms with Crippen molar-refractivity contribution in [3.8, 4) is 5.75 Å². The standard InChI is InChI=1S/C14H14F3NO4/c15-14(16,17)13(19)22-18-5-6-20-8-10(18)12-7-9-3-1-2-4-11(9)21-12/h1-4,10,12H,5-8H2. The first kappa shape index (κ1) is 15.1. The van der Waals surface area contributed by atoms with Crippen LogP contribution in [-0.4, -0.2) is 49.1 Å². The molecule has 2 aliphatic heterocycles. The summed E-state index contributed by atoms with van der Waals surface area (Å²) in [6.45, 7) is 0.411. The molecular formula is C14H14F3NO4. The number of nitrogens with zero attached hydrogens (tertiary/aromatic N) is 1. The Bertz CT molecular complexity index is 538. The predicted molar refractivity (Wildman–Crippen MR) is 68.0 cm³/mol. The number of hydroxylamine groups is 2. The molecule has 1 aromatic rings. The van der Waals surface area contributed by atoms with E-state index in [2.05, 4.69) is 4.84 Å². The Kier molecular flexibility index (Phi) is 3.96. The summed E-state index contributed by atoms with van der Waals surface area (Å²) < 4.78 is 48.1. The highest BCUT2D eigenvalue weighted by Crippen LogP contribution is 2.32. The maximum absolute atomic E-state index is 12.4. The molecule has 1 saturated heterocycles. The lowest BCUT2D eigenvalue weighted by atomic mass is 10.0. The first-order valence-electron chi connectivity index (χ1n) is 6.83. The monoisotopic (exact) mass is 317 g/mol. The van der Waals surface area contributed by atoms with Gasteiger partial charge in [0.1, 0.15) is 17.9 Å². The molecule has 0 N–H and O–H groups in total. The van der Waals surface area contributed by atoms with Crippen LogP contribution in [0.2, 0.25) is 0 Å². The van der Waals surface area contributed by atoms with Crippen LogP contribution < -0.4 is 4.74 Å². The molecule has 5 nitrogen and oxygen atoms in total. The summed E-state index contributed by atoms with van der Waals surface area (Å²) in [5, 5.41) is 1.02. The van der Waals surface area contributed by atoms with Gasteiger partial charge in [-0.05, 0) is 11.6 Å². The normalized spacial score (nSPS) is 25.4. The smallest absolute Gasteiger partial charge is 0.488 e. The Labute approximate surface area is 124 Å². The van der Waals surface area contributed by atoms with Gasteiger partial charge in [-0.2, -0.15) is 13.2 Å². The summed E-state index contributed by atoms with van der Waals surface area (Å²) in [6, 6.07) is 6.80. The van der Waals surface area contributed by atoms with Crippen LogP contribution in [0.15, 0.2) is 24.3 Å². The van der Waals surface area contributed by atoms with Crippen molar-refractivity contribution in [1.29, 1.82) is 0 Å². The molecule has 3 rings (SSSR count). The quantitative estimate of drug-likeness (QED) is 0.831. The van der Waals surface area contributed by atoms with Crippen molar-refractivity contribution in [2.24, 2.45) is 0 Å². The Morgan fingerprint density at radius 3 is 2.82 bits per heavy atom. The van der Waals surface area contributed by atoms with Crippen LogP contribution in [0.5, 0.6) is 5.75 Å². The van der Waals surface area contributed by atoms with Crippen molar-refractivity contribution >= 4 is 5.97 Å². The molecule has 2 atom stereocenters. The first-order valence-corrected chi connectivity index (χ1v) is 6.83. The van der Waals surface area contributed by atoms with Crippen molar-refractivity contribution in [3.63, 3.8) is 0 Å². The van der Waals surface area contributed by atoms with Gasteiger partial charge < -0.3 is 14.3 Å². The number of carbonyl (C=O) groups excluding carboxylic acids is 1. The molecular weight excluding hydrogens is 303 g/mol. The number of morpholine rings is 1. The lowest BCUT2D eigenvalue weighted by molar-refractivity contribution is -0.265. The molecule has 120 valence electrons. The fraction of sp³-hybridized carbons (Fsp3) is 0.500. The molecule has 2 aliphatic rings. The number of benzene rings is 1. The highest BCUT2D eigenvalue weighted by molar-refractivity contribution is 5.75. The number of ether oxygens (including phenoxy) is 2. The van der Waals surface area contributed by atoms with Gasteiger partial charge in [-0.15, -0.1) is 5.06 Å². The Balaban J connectivity index is 1.70. The lowest BCUT2D eigenvalue weighted by Crippen LogP contribution is -2.54. The molecule has 0 radical (unpaired) electrons. The van der Waals surface area contributed by atoms with Gasteiger partial charge in [-0.1, -0.05) is 18.2 Å². The van der Waals surface area contributed by atoms with Crippen LogP contribution in [0.4, 0.5) is 13.2 Å². The molecule has 1 fully saturated rings. The van der Waals surface area contributed by atoms with E-state index >= 15 is 0 Å². The van der Waals surface area contributed by atoms with Crippen molar-refractivity contribution in [2.75, 3.05) is 19.8 Å². The molecule has 0 aliphatic carbocycles. The van der Waals surface area contributed by atoms with Gasteiger partial charge in [-0.25, -0.2) is 4.79 Å². The molecule has 0 bridgehead atoms. The average Bonchev–Trinajstić information content (AvgIpc) is 2.90. The van der Waals surface area contributed by atoms with Crippen LogP contribution in [0.1, 0.15) is 5.56 Å². The van der Waals surface area contributed by atoms with Crippen molar-refractivity contribution in [3.05, 3.63) is 29.8 Å². The Hall–Kier alpha value is -1.80. The molecule has 8 heteroatoms. The fourth-order valence-corrected chi connectivity index (χ4v) is 2.60. The zero-order valence-corrected chi connectivity index (χ0v) is 11.5. The summed E-state index contributed by atoms with van der Waals surface area (Å²) in [5.74, 6) is -1.53. The summed E-state index contributed by atoms with van der Waals surface area (Å²) in [4.78, 5) is 15.5. The second-order valence-electron chi connectivity index (χ2n) is 5.13. The minimum atomic E-state index is -5.03. The molecule has 2 heterocycles. The summed E-state index contributed by atoms with van der Waals surface area (Å²) in [6.07, 6.45) is -4.91. The van der Waals surface area contributed by atoms with E-state index in [1.54, 1.807) is 6.07 Å². The van der Waals surface area contributed by atoms with E-state index in [1.165, 1.54) is 0 Å². The van der Waals surface area contributed by atoms with Gasteiger partial charge in [-0.3, -0.25) is 0 Å². The van der Waals surface area contributed by atoms with Crippen molar-refractivity contribution in [2.45, 2.75) is 24.7 Å². The number of fused-ring (bicyclic) bond motifs is 1. The highest BCUT2D eigenvalue weighted by Gasteiger charge is 2.45. The van der Waals surface area contributed by atoms with Crippen LogP contribution in [0, 0.1) is 0 Å². The summed E-state index contributed by atoms with van der Waals surface area (Å²) in [5.41, 5.74) is 0.972. The molecule has 0 spiro atoms. The van der Waals surface area contributed by atoms with Gasteiger partial charge in [0.2, 0.25) is 0 Å². The molecule has 0 amide bonds. The van der Waals surface area contributed by atoms with Crippen molar-refractivity contribution < 1.29 is 32.3 Å².